The van der Waals surface area contributed by atoms with Crippen molar-refractivity contribution < 1.29 is 38.2 Å². The number of fused-ring (bicyclic) bond motifs is 7. The number of aliphatic hydroxyl groups is 2. The summed E-state index contributed by atoms with van der Waals surface area (Å²) in [5.41, 5.74) is -6.10. The summed E-state index contributed by atoms with van der Waals surface area (Å²) in [5, 5.41) is 23.3. The van der Waals surface area contributed by atoms with Crippen molar-refractivity contribution >= 4 is 11.6 Å². The molecule has 8 atom stereocenters. The molecule has 1 aromatic rings. The lowest BCUT2D eigenvalue weighted by Gasteiger charge is -2.62. The van der Waals surface area contributed by atoms with Crippen molar-refractivity contribution in [3.8, 4) is 5.75 Å². The second-order valence-corrected chi connectivity index (χ2v) is 12.3. The van der Waals surface area contributed by atoms with Crippen molar-refractivity contribution in [1.29, 1.82) is 0 Å². The van der Waals surface area contributed by atoms with E-state index in [2.05, 4.69) is 0 Å². The fraction of sp³-hybridized carbons (Fsp3) is 0.600. The van der Waals surface area contributed by atoms with Crippen molar-refractivity contribution in [1.82, 2.24) is 5.06 Å². The van der Waals surface area contributed by atoms with Gasteiger partial charge in [0.05, 0.1) is 12.6 Å². The normalized spacial score (nSPS) is 43.1. The third-order valence-electron chi connectivity index (χ3n) is 10.6. The van der Waals surface area contributed by atoms with Crippen LogP contribution < -0.4 is 4.74 Å². The molecule has 210 valence electrons. The lowest BCUT2D eigenvalue weighted by molar-refractivity contribution is -0.265. The number of para-hydroxylation sites is 1. The smallest absolute Gasteiger partial charge is 0.192 e. The highest BCUT2D eigenvalue weighted by molar-refractivity contribution is 5.94. The molecule has 0 spiro atoms. The van der Waals surface area contributed by atoms with Crippen molar-refractivity contribution in [2.45, 2.75) is 56.9 Å². The van der Waals surface area contributed by atoms with Gasteiger partial charge in [0.1, 0.15) is 24.8 Å². The minimum atomic E-state index is -2.22. The summed E-state index contributed by atoms with van der Waals surface area (Å²) >= 11 is 0. The monoisotopic (exact) mass is 543 g/mol. The number of rotatable bonds is 6. The fourth-order valence-electron chi connectivity index (χ4n) is 8.83. The maximum atomic E-state index is 17.4. The molecule has 5 aliphatic rings. The minimum absolute atomic E-state index is 0.0897. The van der Waals surface area contributed by atoms with Gasteiger partial charge in [0, 0.05) is 42.1 Å². The van der Waals surface area contributed by atoms with Gasteiger partial charge >= 0.3 is 0 Å². The lowest BCUT2D eigenvalue weighted by Crippen LogP contribution is -2.69. The zero-order valence-electron chi connectivity index (χ0n) is 22.2. The molecule has 2 N–H and O–H groups in total. The van der Waals surface area contributed by atoms with Crippen LogP contribution in [0.15, 0.2) is 53.9 Å². The number of allylic oxidation sites excluding steroid dienone is 4. The first-order valence-electron chi connectivity index (χ1n) is 13.7. The molecule has 1 heterocycles. The number of hydrogen-bond donors (Lipinski definition) is 2. The van der Waals surface area contributed by atoms with E-state index in [1.165, 1.54) is 12.2 Å². The molecule has 1 aliphatic heterocycles. The third kappa shape index (κ3) is 3.46. The molecule has 7 nitrogen and oxygen atoms in total. The molecule has 0 unspecified atom stereocenters. The van der Waals surface area contributed by atoms with E-state index in [1.807, 2.05) is 37.3 Å². The Morgan fingerprint density at radius 3 is 2.69 bits per heavy atom. The van der Waals surface area contributed by atoms with E-state index < -0.39 is 58.3 Å². The van der Waals surface area contributed by atoms with Gasteiger partial charge in [-0.15, -0.1) is 0 Å². The van der Waals surface area contributed by atoms with E-state index in [1.54, 1.807) is 12.0 Å². The molecule has 2 saturated carbocycles. The minimum Gasteiger partial charge on any atom is -0.492 e. The molecule has 0 amide bonds. The van der Waals surface area contributed by atoms with Crippen LogP contribution in [0.1, 0.15) is 39.5 Å². The van der Waals surface area contributed by atoms with Crippen LogP contribution in [0.2, 0.25) is 0 Å². The molecular formula is C30H35F2NO6. The van der Waals surface area contributed by atoms with Gasteiger partial charge in [-0.3, -0.25) is 14.4 Å². The predicted molar refractivity (Wildman–Crippen MR) is 137 cm³/mol. The molecule has 39 heavy (non-hydrogen) atoms. The Labute approximate surface area is 226 Å². The number of hydroxylamine groups is 2. The number of halogens is 2. The maximum Gasteiger partial charge on any atom is 0.192 e. The summed E-state index contributed by atoms with van der Waals surface area (Å²) in [5.74, 6) is -2.38. The highest BCUT2D eigenvalue weighted by atomic mass is 19.1. The molecule has 0 radical (unpaired) electrons. The molecule has 6 rings (SSSR count). The quantitative estimate of drug-likeness (QED) is 0.567. The van der Waals surface area contributed by atoms with Gasteiger partial charge in [-0.1, -0.05) is 31.2 Å². The zero-order chi connectivity index (χ0) is 27.8. The number of aliphatic hydroxyl groups excluding tert-OH is 2. The molecule has 0 bridgehead atoms. The highest BCUT2D eigenvalue weighted by Crippen LogP contribution is 2.72. The van der Waals surface area contributed by atoms with Crippen molar-refractivity contribution in [2.24, 2.45) is 28.6 Å². The molecule has 9 heteroatoms. The number of carbonyl (C=O) groups is 2. The van der Waals surface area contributed by atoms with E-state index in [0.717, 1.165) is 0 Å². The average molecular weight is 544 g/mol. The van der Waals surface area contributed by atoms with Crippen LogP contribution in [0.3, 0.4) is 0 Å². The molecule has 4 aliphatic carbocycles. The van der Waals surface area contributed by atoms with Gasteiger partial charge in [0.15, 0.2) is 22.8 Å². The SMILES string of the molecule is C[C@]12C=CC(=O)CC1=C(F)C[C@H]1[C@@H]3C[C@H]4CN(CCOc5ccccc5)O[C@@]4(C(=O)CO)[C@@]3(C)C[C@H](O)[C@@]12F. The summed E-state index contributed by atoms with van der Waals surface area (Å²) in [6.07, 6.45) is 1.03. The van der Waals surface area contributed by atoms with Gasteiger partial charge in [0.25, 0.3) is 0 Å². The summed E-state index contributed by atoms with van der Waals surface area (Å²) < 4.78 is 38.8. The molecule has 0 aromatic heterocycles. The Hall–Kier alpha value is -2.46. The van der Waals surface area contributed by atoms with E-state index in [-0.39, 0.29) is 36.5 Å². The molecular weight excluding hydrogens is 508 g/mol. The second kappa shape index (κ2) is 9.03. The average Bonchev–Trinajstić information content (AvgIpc) is 3.39. The number of carbonyl (C=O) groups excluding carboxylic acids is 2. The fourth-order valence-corrected chi connectivity index (χ4v) is 8.83. The number of Topliss-reactive ketones (excluding diaryl/α,β-unsaturated/α-hetero) is 1. The number of hydrogen-bond acceptors (Lipinski definition) is 7. The summed E-state index contributed by atoms with van der Waals surface area (Å²) in [7, 11) is 0. The van der Waals surface area contributed by atoms with Gasteiger partial charge in [-0.2, -0.15) is 5.06 Å². The lowest BCUT2D eigenvalue weighted by atomic mass is 9.45. The third-order valence-corrected chi connectivity index (χ3v) is 10.6. The van der Waals surface area contributed by atoms with Gasteiger partial charge < -0.3 is 14.9 Å². The van der Waals surface area contributed by atoms with Crippen molar-refractivity contribution in [3.05, 3.63) is 53.9 Å². The van der Waals surface area contributed by atoms with E-state index in [0.29, 0.717) is 31.9 Å². The molecule has 1 aromatic carbocycles. The van der Waals surface area contributed by atoms with Crippen molar-refractivity contribution in [2.75, 3.05) is 26.3 Å². The maximum absolute atomic E-state index is 17.4. The van der Waals surface area contributed by atoms with Crippen LogP contribution in [0, 0.1) is 28.6 Å². The highest BCUT2D eigenvalue weighted by Gasteiger charge is 2.79. The van der Waals surface area contributed by atoms with Crippen molar-refractivity contribution in [3.63, 3.8) is 0 Å². The predicted octanol–water partition coefficient (Wildman–Crippen LogP) is 3.51. The zero-order valence-corrected chi connectivity index (χ0v) is 22.2. The van der Waals surface area contributed by atoms with Crippen LogP contribution >= 0.6 is 0 Å². The first-order valence-corrected chi connectivity index (χ1v) is 13.7. The number of ether oxygens (including phenoxy) is 1. The summed E-state index contributed by atoms with van der Waals surface area (Å²) in [6.45, 7) is 3.67. The number of benzene rings is 1. The van der Waals surface area contributed by atoms with E-state index >= 15 is 8.78 Å². The number of nitrogens with zero attached hydrogens (tertiary/aromatic N) is 1. The second-order valence-electron chi connectivity index (χ2n) is 12.3. The first kappa shape index (κ1) is 26.7. The molecule has 1 saturated heterocycles. The largest absolute Gasteiger partial charge is 0.492 e. The Kier molecular flexibility index (Phi) is 6.19. The Morgan fingerprint density at radius 2 is 1.97 bits per heavy atom. The molecule has 3 fully saturated rings. The van der Waals surface area contributed by atoms with Crippen LogP contribution in [0.5, 0.6) is 5.75 Å². The Balaban J connectivity index is 1.32. The first-order chi connectivity index (χ1) is 18.5. The van der Waals surface area contributed by atoms with Gasteiger partial charge in [0.2, 0.25) is 0 Å². The van der Waals surface area contributed by atoms with Crippen LogP contribution in [0.4, 0.5) is 8.78 Å². The topological polar surface area (TPSA) is 96.3 Å². The van der Waals surface area contributed by atoms with Crippen LogP contribution in [-0.4, -0.2) is 70.5 Å². The van der Waals surface area contributed by atoms with E-state index in [9.17, 15) is 19.8 Å². The Morgan fingerprint density at radius 1 is 1.23 bits per heavy atom. The summed E-state index contributed by atoms with van der Waals surface area (Å²) in [4.78, 5) is 32.0. The number of alkyl halides is 1. The summed E-state index contributed by atoms with van der Waals surface area (Å²) in [6, 6.07) is 9.32. The standard InChI is InChI=1S/C30H35F2NO6/c1-27-9-8-19(35)13-23(27)24(31)14-22-21-12-18-16-33(10-11-38-20-6-4-3-5-7-20)39-30(18,26(37)17-34)28(21,2)15-25(36)29(22,27)32/h3-9,18,21-22,25,34,36H,10-17H2,1-2H3/t18-,21-,22-,25-,27-,28-,29-,30-/m0/s1. The number of ketones is 2. The van der Waals surface area contributed by atoms with Crippen LogP contribution in [0.25, 0.3) is 0 Å². The van der Waals surface area contributed by atoms with Gasteiger partial charge in [-0.25, -0.2) is 8.78 Å². The van der Waals surface area contributed by atoms with E-state index in [4.69, 9.17) is 9.57 Å². The Bertz CT molecular complexity index is 1250. The van der Waals surface area contributed by atoms with Crippen LogP contribution in [-0.2, 0) is 14.4 Å². The van der Waals surface area contributed by atoms with Gasteiger partial charge in [-0.05, 0) is 49.5 Å².